The molecule has 3 heterocycles. The summed E-state index contributed by atoms with van der Waals surface area (Å²) in [5, 5.41) is 28.1. The third-order valence-corrected chi connectivity index (χ3v) is 7.12. The highest BCUT2D eigenvalue weighted by atomic mass is 19.1. The van der Waals surface area contributed by atoms with E-state index in [2.05, 4.69) is 25.6 Å². The minimum atomic E-state index is -1.02. The summed E-state index contributed by atoms with van der Waals surface area (Å²) in [6.07, 6.45) is 6.16. The Balaban J connectivity index is 1.18. The number of carbonyl (C=O) groups is 1. The molecule has 0 aliphatic heterocycles. The Bertz CT molecular complexity index is 1630. The van der Waals surface area contributed by atoms with Gasteiger partial charge in [0.25, 0.3) is 5.91 Å². The van der Waals surface area contributed by atoms with Crippen molar-refractivity contribution in [3.63, 3.8) is 0 Å². The molecule has 0 saturated heterocycles. The van der Waals surface area contributed by atoms with Gasteiger partial charge in [-0.15, -0.1) is 0 Å². The third-order valence-electron chi connectivity index (χ3n) is 7.12. The average molecular weight is 499 g/mol. The second-order valence-electron chi connectivity index (χ2n) is 10.0. The number of carbonyl (C=O) groups excluding carboxylic acids is 1. The van der Waals surface area contributed by atoms with Crippen molar-refractivity contribution >= 4 is 27.7 Å². The topological polar surface area (TPSA) is 109 Å². The number of H-pyrrole nitrogens is 1. The van der Waals surface area contributed by atoms with E-state index in [1.54, 1.807) is 23.0 Å². The summed E-state index contributed by atoms with van der Waals surface area (Å²) in [5.41, 5.74) is 3.52. The van der Waals surface area contributed by atoms with Gasteiger partial charge in [0.1, 0.15) is 11.5 Å². The number of amides is 1. The lowest BCUT2D eigenvalue weighted by Crippen LogP contribution is -2.47. The first-order chi connectivity index (χ1) is 17.8. The van der Waals surface area contributed by atoms with Gasteiger partial charge in [-0.3, -0.25) is 19.6 Å². The van der Waals surface area contributed by atoms with E-state index in [9.17, 15) is 14.3 Å². The van der Waals surface area contributed by atoms with Crippen LogP contribution in [-0.2, 0) is 6.54 Å². The van der Waals surface area contributed by atoms with Crippen molar-refractivity contribution in [1.82, 2.24) is 30.3 Å². The van der Waals surface area contributed by atoms with Crippen LogP contribution in [0.1, 0.15) is 41.7 Å². The Morgan fingerprint density at radius 3 is 3.00 bits per heavy atom. The van der Waals surface area contributed by atoms with Crippen LogP contribution < -0.4 is 5.32 Å². The molecular formula is C28H27FN6O2. The third kappa shape index (κ3) is 4.70. The number of hydrogen-bond donors (Lipinski definition) is 3. The Morgan fingerprint density at radius 1 is 1.24 bits per heavy atom. The van der Waals surface area contributed by atoms with Crippen molar-refractivity contribution in [2.45, 2.75) is 50.8 Å². The van der Waals surface area contributed by atoms with Crippen LogP contribution in [0.5, 0.6) is 0 Å². The lowest BCUT2D eigenvalue weighted by atomic mass is 9.81. The Morgan fingerprint density at radius 2 is 2.14 bits per heavy atom. The maximum absolute atomic E-state index is 13.5. The number of aryl methyl sites for hydroxylation is 1. The zero-order valence-corrected chi connectivity index (χ0v) is 20.4. The number of aliphatic hydroxyl groups is 1. The maximum atomic E-state index is 13.5. The van der Waals surface area contributed by atoms with Gasteiger partial charge >= 0.3 is 0 Å². The zero-order valence-electron chi connectivity index (χ0n) is 20.4. The summed E-state index contributed by atoms with van der Waals surface area (Å²) in [4.78, 5) is 17.5. The van der Waals surface area contributed by atoms with Gasteiger partial charge in [0.05, 0.1) is 23.2 Å². The number of nitrogens with one attached hydrogen (secondary N) is 2. The van der Waals surface area contributed by atoms with E-state index in [1.807, 2.05) is 37.4 Å². The Hall–Kier alpha value is -4.11. The van der Waals surface area contributed by atoms with E-state index in [0.29, 0.717) is 23.9 Å². The molecule has 1 amide bonds. The zero-order chi connectivity index (χ0) is 25.6. The number of nitrogens with zero attached hydrogens (tertiary/aromatic N) is 4. The fourth-order valence-electron chi connectivity index (χ4n) is 5.37. The van der Waals surface area contributed by atoms with E-state index >= 15 is 0 Å². The van der Waals surface area contributed by atoms with Gasteiger partial charge < -0.3 is 10.4 Å². The van der Waals surface area contributed by atoms with Crippen molar-refractivity contribution < 1.29 is 14.3 Å². The van der Waals surface area contributed by atoms with Crippen LogP contribution in [0.3, 0.4) is 0 Å². The van der Waals surface area contributed by atoms with Gasteiger partial charge in [-0.2, -0.15) is 10.2 Å². The summed E-state index contributed by atoms with van der Waals surface area (Å²) in [5.74, 6) is -0.525. The number of pyridine rings is 1. The first kappa shape index (κ1) is 23.3. The fourth-order valence-corrected chi connectivity index (χ4v) is 5.37. The van der Waals surface area contributed by atoms with Crippen LogP contribution >= 0.6 is 0 Å². The van der Waals surface area contributed by atoms with Crippen molar-refractivity contribution in [2.75, 3.05) is 0 Å². The minimum absolute atomic E-state index is 0.170. The number of benzene rings is 2. The van der Waals surface area contributed by atoms with Crippen molar-refractivity contribution in [1.29, 1.82) is 0 Å². The summed E-state index contributed by atoms with van der Waals surface area (Å²) in [7, 11) is 0. The van der Waals surface area contributed by atoms with Crippen LogP contribution in [0.15, 0.2) is 60.9 Å². The first-order valence-electron chi connectivity index (χ1n) is 12.4. The number of aromatic nitrogens is 5. The average Bonchev–Trinajstić information content (AvgIpc) is 3.46. The molecule has 3 N–H and O–H groups in total. The largest absolute Gasteiger partial charge is 0.388 e. The minimum Gasteiger partial charge on any atom is -0.388 e. The predicted octanol–water partition coefficient (Wildman–Crippen LogP) is 4.53. The molecule has 0 bridgehead atoms. The highest BCUT2D eigenvalue weighted by Gasteiger charge is 2.36. The SMILES string of the molecule is Cc1cc(-c2n[nH]c3ccc(C(=O)NC4CCCC(O)(Cn5cc6ccc(F)cc6n5)C4)cc23)ccn1. The van der Waals surface area contributed by atoms with Crippen LogP contribution in [0.2, 0.25) is 0 Å². The van der Waals surface area contributed by atoms with Gasteiger partial charge in [0.15, 0.2) is 0 Å². The lowest BCUT2D eigenvalue weighted by Gasteiger charge is -2.37. The van der Waals surface area contributed by atoms with Gasteiger partial charge in [-0.1, -0.05) is 0 Å². The molecule has 0 radical (unpaired) electrons. The van der Waals surface area contributed by atoms with Gasteiger partial charge in [0.2, 0.25) is 0 Å². The van der Waals surface area contributed by atoms with Crippen LogP contribution in [0.4, 0.5) is 4.39 Å². The lowest BCUT2D eigenvalue weighted by molar-refractivity contribution is -0.0235. The van der Waals surface area contributed by atoms with E-state index < -0.39 is 5.60 Å². The summed E-state index contributed by atoms with van der Waals surface area (Å²) >= 11 is 0. The highest BCUT2D eigenvalue weighted by molar-refractivity contribution is 6.01. The first-order valence-corrected chi connectivity index (χ1v) is 12.4. The normalized spacial score (nSPS) is 19.9. The van der Waals surface area contributed by atoms with E-state index in [4.69, 9.17) is 0 Å². The monoisotopic (exact) mass is 498 g/mol. The molecule has 1 aliphatic rings. The highest BCUT2D eigenvalue weighted by Crippen LogP contribution is 2.31. The molecule has 2 unspecified atom stereocenters. The predicted molar refractivity (Wildman–Crippen MR) is 138 cm³/mol. The van der Waals surface area contributed by atoms with Crippen molar-refractivity contribution in [2.24, 2.45) is 0 Å². The van der Waals surface area contributed by atoms with Crippen molar-refractivity contribution in [3.8, 4) is 11.3 Å². The smallest absolute Gasteiger partial charge is 0.251 e. The standard InChI is InChI=1S/C28H27FN6O2/c1-17-11-18(8-10-30-17)26-23-12-19(5-7-24(23)32-33-26)27(36)31-22-3-2-9-28(37,14-22)16-35-15-20-4-6-21(29)13-25(20)34-35/h4-8,10-13,15,22,37H,2-3,9,14,16H2,1H3,(H,31,36)(H,32,33). The van der Waals surface area contributed by atoms with Gasteiger partial charge in [-0.05, 0) is 75.1 Å². The molecule has 1 saturated carbocycles. The van der Waals surface area contributed by atoms with Crippen molar-refractivity contribution in [3.05, 3.63) is 78.0 Å². The maximum Gasteiger partial charge on any atom is 0.251 e. The molecule has 8 nitrogen and oxygen atoms in total. The molecule has 6 rings (SSSR count). The van der Waals surface area contributed by atoms with Crippen LogP contribution in [0.25, 0.3) is 33.1 Å². The molecule has 1 fully saturated rings. The number of rotatable bonds is 5. The number of aromatic amines is 1. The molecule has 1 aliphatic carbocycles. The van der Waals surface area contributed by atoms with E-state index in [1.165, 1.54) is 12.1 Å². The number of hydrogen-bond acceptors (Lipinski definition) is 5. The summed E-state index contributed by atoms with van der Waals surface area (Å²) in [6, 6.07) is 13.6. The Labute approximate surface area is 212 Å². The fraction of sp³-hybridized carbons (Fsp3) is 0.286. The molecule has 3 aromatic heterocycles. The van der Waals surface area contributed by atoms with Crippen LogP contribution in [0, 0.1) is 12.7 Å². The van der Waals surface area contributed by atoms with Gasteiger partial charge in [-0.25, -0.2) is 4.39 Å². The van der Waals surface area contributed by atoms with E-state index in [-0.39, 0.29) is 24.3 Å². The quantitative estimate of drug-likeness (QED) is 0.330. The number of fused-ring (bicyclic) bond motifs is 2. The van der Waals surface area contributed by atoms with Gasteiger partial charge in [0, 0.05) is 52.1 Å². The number of halogens is 1. The summed E-state index contributed by atoms with van der Waals surface area (Å²) < 4.78 is 15.2. The van der Waals surface area contributed by atoms with E-state index in [0.717, 1.165) is 46.1 Å². The second-order valence-corrected chi connectivity index (χ2v) is 10.0. The molecule has 2 atom stereocenters. The summed E-state index contributed by atoms with van der Waals surface area (Å²) in [6.45, 7) is 2.21. The molecule has 0 spiro atoms. The molecular weight excluding hydrogens is 471 g/mol. The molecule has 5 aromatic rings. The van der Waals surface area contributed by atoms with Crippen LogP contribution in [-0.4, -0.2) is 47.6 Å². The molecule has 188 valence electrons. The molecule has 37 heavy (non-hydrogen) atoms. The second kappa shape index (κ2) is 9.08. The molecule has 9 heteroatoms. The molecule has 2 aromatic carbocycles. The Kier molecular flexibility index (Phi) is 5.72.